The quantitative estimate of drug-likeness (QED) is 0.776. The molecule has 0 aliphatic heterocycles. The molecule has 1 aromatic heterocycles. The summed E-state index contributed by atoms with van der Waals surface area (Å²) >= 11 is 0. The fraction of sp³-hybridized carbons (Fsp3) is 0.500. The number of hydrogen-bond acceptors (Lipinski definition) is 3. The van der Waals surface area contributed by atoms with E-state index in [1.54, 1.807) is 18.5 Å². The van der Waals surface area contributed by atoms with Gasteiger partial charge < -0.3 is 10.5 Å². The first-order valence-corrected chi connectivity index (χ1v) is 4.43. The first-order valence-electron chi connectivity index (χ1n) is 4.43. The Hall–Kier alpha value is -1.25. The lowest BCUT2D eigenvalue weighted by atomic mass is 10.1. The van der Waals surface area contributed by atoms with E-state index in [1.165, 1.54) is 0 Å². The van der Waals surface area contributed by atoms with Crippen molar-refractivity contribution < 1.29 is 4.74 Å². The zero-order chi connectivity index (χ0) is 9.90. The van der Waals surface area contributed by atoms with Gasteiger partial charge in [0.15, 0.2) is 5.75 Å². The van der Waals surface area contributed by atoms with Crippen molar-refractivity contribution in [3.8, 4) is 5.75 Å². The molecule has 2 N–H and O–H groups in total. The van der Waals surface area contributed by atoms with E-state index in [1.807, 2.05) is 13.8 Å². The van der Waals surface area contributed by atoms with E-state index >= 15 is 0 Å². The summed E-state index contributed by atoms with van der Waals surface area (Å²) in [6.07, 6.45) is 4.23. The Kier molecular flexibility index (Phi) is 2.76. The third-order valence-electron chi connectivity index (χ3n) is 2.05. The molecule has 1 rings (SSSR count). The van der Waals surface area contributed by atoms with E-state index in [9.17, 15) is 0 Å². The molecule has 0 saturated carbocycles. The molecule has 0 aromatic carbocycles. The van der Waals surface area contributed by atoms with Crippen LogP contribution in [0.5, 0.6) is 5.75 Å². The van der Waals surface area contributed by atoms with Crippen LogP contribution in [0.15, 0.2) is 18.5 Å². The molecular formula is C10H16N2O. The molecule has 3 heteroatoms. The van der Waals surface area contributed by atoms with Gasteiger partial charge in [-0.1, -0.05) is 6.92 Å². The zero-order valence-electron chi connectivity index (χ0n) is 8.37. The monoisotopic (exact) mass is 180 g/mol. The van der Waals surface area contributed by atoms with Gasteiger partial charge in [-0.05, 0) is 26.3 Å². The van der Waals surface area contributed by atoms with E-state index in [-0.39, 0.29) is 5.60 Å². The summed E-state index contributed by atoms with van der Waals surface area (Å²) in [5, 5.41) is 0. The Morgan fingerprint density at radius 2 is 2.23 bits per heavy atom. The molecule has 0 aliphatic rings. The lowest BCUT2D eigenvalue weighted by Gasteiger charge is -2.25. The van der Waals surface area contributed by atoms with Crippen molar-refractivity contribution in [1.82, 2.24) is 4.98 Å². The molecule has 0 unspecified atom stereocenters. The average Bonchev–Trinajstić information content (AvgIpc) is 2.09. The summed E-state index contributed by atoms with van der Waals surface area (Å²) in [6.45, 7) is 6.13. The largest absolute Gasteiger partial charge is 0.484 e. The molecule has 0 saturated heterocycles. The van der Waals surface area contributed by atoms with Crippen LogP contribution < -0.4 is 10.5 Å². The molecule has 0 aliphatic carbocycles. The van der Waals surface area contributed by atoms with Crippen molar-refractivity contribution in [2.45, 2.75) is 32.8 Å². The number of aromatic nitrogens is 1. The van der Waals surface area contributed by atoms with Gasteiger partial charge in [0.1, 0.15) is 5.60 Å². The molecule has 0 radical (unpaired) electrons. The number of nitrogen functional groups attached to an aromatic ring is 1. The second-order valence-electron chi connectivity index (χ2n) is 3.63. The van der Waals surface area contributed by atoms with Gasteiger partial charge in [0, 0.05) is 6.20 Å². The number of nitrogens with two attached hydrogens (primary N) is 1. The molecule has 0 spiro atoms. The van der Waals surface area contributed by atoms with Gasteiger partial charge in [-0.2, -0.15) is 0 Å². The van der Waals surface area contributed by atoms with Crippen LogP contribution in [0.3, 0.4) is 0 Å². The Balaban J connectivity index is 2.80. The standard InChI is InChI=1S/C10H16N2O/c1-4-10(2,3)13-9-7-12-6-5-8(9)11/h5-7H,4H2,1-3H3,(H2,11,12). The van der Waals surface area contributed by atoms with Crippen molar-refractivity contribution in [3.63, 3.8) is 0 Å². The highest BCUT2D eigenvalue weighted by atomic mass is 16.5. The van der Waals surface area contributed by atoms with Crippen molar-refractivity contribution in [1.29, 1.82) is 0 Å². The fourth-order valence-electron chi connectivity index (χ4n) is 0.846. The van der Waals surface area contributed by atoms with Crippen LogP contribution in [-0.4, -0.2) is 10.6 Å². The molecule has 1 heterocycles. The van der Waals surface area contributed by atoms with Gasteiger partial charge in [-0.15, -0.1) is 0 Å². The van der Waals surface area contributed by atoms with Gasteiger partial charge in [-0.3, -0.25) is 4.98 Å². The normalized spacial score (nSPS) is 11.3. The van der Waals surface area contributed by atoms with E-state index in [0.29, 0.717) is 11.4 Å². The van der Waals surface area contributed by atoms with Crippen LogP contribution in [0.2, 0.25) is 0 Å². The van der Waals surface area contributed by atoms with Crippen LogP contribution in [0.25, 0.3) is 0 Å². The third kappa shape index (κ3) is 2.61. The van der Waals surface area contributed by atoms with Crippen LogP contribution in [0.4, 0.5) is 5.69 Å². The minimum absolute atomic E-state index is 0.183. The molecule has 0 fully saturated rings. The Morgan fingerprint density at radius 1 is 1.54 bits per heavy atom. The molecule has 13 heavy (non-hydrogen) atoms. The number of nitrogens with zero attached hydrogens (tertiary/aromatic N) is 1. The van der Waals surface area contributed by atoms with Gasteiger partial charge in [-0.25, -0.2) is 0 Å². The second kappa shape index (κ2) is 3.64. The molecular weight excluding hydrogens is 164 g/mol. The smallest absolute Gasteiger partial charge is 0.161 e. The number of rotatable bonds is 3. The maximum atomic E-state index is 5.72. The van der Waals surface area contributed by atoms with Gasteiger partial charge >= 0.3 is 0 Å². The lowest BCUT2D eigenvalue weighted by Crippen LogP contribution is -2.27. The van der Waals surface area contributed by atoms with Crippen LogP contribution in [-0.2, 0) is 0 Å². The number of ether oxygens (including phenoxy) is 1. The minimum Gasteiger partial charge on any atom is -0.484 e. The predicted octanol–water partition coefficient (Wildman–Crippen LogP) is 2.23. The maximum absolute atomic E-state index is 5.72. The predicted molar refractivity (Wildman–Crippen MR) is 53.6 cm³/mol. The molecule has 1 aromatic rings. The first kappa shape index (κ1) is 9.84. The number of hydrogen-bond donors (Lipinski definition) is 1. The fourth-order valence-corrected chi connectivity index (χ4v) is 0.846. The van der Waals surface area contributed by atoms with Crippen molar-refractivity contribution in [3.05, 3.63) is 18.5 Å². The van der Waals surface area contributed by atoms with E-state index in [0.717, 1.165) is 6.42 Å². The SMILES string of the molecule is CCC(C)(C)Oc1cnccc1N. The summed E-state index contributed by atoms with van der Waals surface area (Å²) in [6, 6.07) is 1.74. The number of pyridine rings is 1. The highest BCUT2D eigenvalue weighted by Crippen LogP contribution is 2.25. The van der Waals surface area contributed by atoms with Crippen LogP contribution in [0, 0.1) is 0 Å². The second-order valence-corrected chi connectivity index (χ2v) is 3.63. The molecule has 0 atom stereocenters. The Bertz CT molecular complexity index is 284. The zero-order valence-corrected chi connectivity index (χ0v) is 8.37. The van der Waals surface area contributed by atoms with Crippen LogP contribution >= 0.6 is 0 Å². The van der Waals surface area contributed by atoms with Crippen molar-refractivity contribution in [2.24, 2.45) is 0 Å². The molecule has 72 valence electrons. The maximum Gasteiger partial charge on any atom is 0.161 e. The molecule has 0 amide bonds. The minimum atomic E-state index is -0.183. The Morgan fingerprint density at radius 3 is 2.77 bits per heavy atom. The van der Waals surface area contributed by atoms with Crippen LogP contribution in [0.1, 0.15) is 27.2 Å². The third-order valence-corrected chi connectivity index (χ3v) is 2.05. The summed E-state index contributed by atoms with van der Waals surface area (Å²) in [5.74, 6) is 0.661. The van der Waals surface area contributed by atoms with Gasteiger partial charge in [0.25, 0.3) is 0 Å². The molecule has 0 bridgehead atoms. The van der Waals surface area contributed by atoms with Gasteiger partial charge in [0.2, 0.25) is 0 Å². The summed E-state index contributed by atoms with van der Waals surface area (Å²) in [5.41, 5.74) is 6.17. The van der Waals surface area contributed by atoms with E-state index in [4.69, 9.17) is 10.5 Å². The van der Waals surface area contributed by atoms with Gasteiger partial charge in [0.05, 0.1) is 11.9 Å². The summed E-state index contributed by atoms with van der Waals surface area (Å²) in [7, 11) is 0. The molecule has 3 nitrogen and oxygen atoms in total. The lowest BCUT2D eigenvalue weighted by molar-refractivity contribution is 0.106. The Labute approximate surface area is 78.9 Å². The topological polar surface area (TPSA) is 48.1 Å². The van der Waals surface area contributed by atoms with E-state index < -0.39 is 0 Å². The van der Waals surface area contributed by atoms with Crippen molar-refractivity contribution >= 4 is 5.69 Å². The van der Waals surface area contributed by atoms with E-state index in [2.05, 4.69) is 11.9 Å². The first-order chi connectivity index (χ1) is 6.05. The van der Waals surface area contributed by atoms with Crippen molar-refractivity contribution in [2.75, 3.05) is 5.73 Å². The summed E-state index contributed by atoms with van der Waals surface area (Å²) in [4.78, 5) is 3.96. The summed E-state index contributed by atoms with van der Waals surface area (Å²) < 4.78 is 5.69. The highest BCUT2D eigenvalue weighted by Gasteiger charge is 2.17. The average molecular weight is 180 g/mol. The number of anilines is 1. The highest BCUT2D eigenvalue weighted by molar-refractivity contribution is 5.50.